The van der Waals surface area contributed by atoms with Gasteiger partial charge in [0.15, 0.2) is 0 Å². The molecule has 0 saturated carbocycles. The number of phenolic OH excluding ortho intramolecular Hbond substituents is 3. The van der Waals surface area contributed by atoms with Crippen LogP contribution in [0.1, 0.15) is 129 Å². The van der Waals surface area contributed by atoms with Crippen molar-refractivity contribution in [3.05, 3.63) is 362 Å². The Kier molecular flexibility index (Phi) is 37.4. The predicted molar refractivity (Wildman–Crippen MR) is 533 cm³/mol. The Hall–Kier alpha value is -17.1. The fourth-order valence-corrected chi connectivity index (χ4v) is 15.3. The van der Waals surface area contributed by atoms with Gasteiger partial charge in [-0.3, -0.25) is 19.2 Å². The van der Waals surface area contributed by atoms with E-state index in [2.05, 4.69) is 16.0 Å². The van der Waals surface area contributed by atoms with E-state index in [0.717, 1.165) is 119 Å². The number of rotatable bonds is 22. The SMILES string of the molecule is COC(=O)c1cc(-c2ccc(NC(=O)c3cccc(-c4c(C)cc(OC)cc4C)c3)cc2)oc1C.COc1cc(C)c(-c2cccc(C(=O)Nc3ccc(-c4cc(C(=O)O)c(C)o4)cc3)c2)c(C)c1.COc1cc(C)cc(OC)c1-c1cccc(C(=O)Cl)c1.Cc1cc(-c2ccc(N)cc2)oc1C.Cc1oc(-c2ccc(NC(=O)c3cccc(-c4c(O)cc(O)cc4O)c3)cc2)cc1C(=O)O.O=C=O.[Li+].[OH-]. The molecule has 0 aliphatic heterocycles. The minimum atomic E-state index is -1.07. The third-order valence-electron chi connectivity index (χ3n) is 22.1. The zero-order valence-electron chi connectivity index (χ0n) is 79.9. The summed E-state index contributed by atoms with van der Waals surface area (Å²) < 4.78 is 48.7. The Bertz CT molecular complexity index is 7160. The molecule has 28 nitrogen and oxygen atoms in total. The number of furan rings is 4. The number of amides is 3. The van der Waals surface area contributed by atoms with Gasteiger partial charge in [0.25, 0.3) is 23.0 Å². The summed E-state index contributed by atoms with van der Waals surface area (Å²) in [5.74, 6) is 3.16. The standard InChI is InChI=1S/C29H27NO5.C28H25NO5.C25H19NO7.C16H15ClO3.C12H13NO.CO2.Li.H2O/c1-17-13-24(33-4)14-18(2)27(17)21-7-6-8-22(15-21)28(31)30-23-11-9-20(10-12-23)26-16-25(19(3)35-26)29(32)34-5;1-16-12-23(33-4)13-17(2)26(16)20-6-5-7-21(14-20)27(30)29-22-10-8-19(9-11-22)25-15-24(28(31)32)18(3)34-25;1-13-19(25(31)32)12-22(33-13)14-5-7-17(8-6-14)26-24(30)16-4-2-3-15(9-16)23-20(28)10-18(27)11-21(23)29;1-10-7-13(19-2)15(14(8-10)20-3)11-5-4-6-12(9-11)16(17)18;1-8-7-12(14-9(8)2)10-3-5-11(13)6-4-10;2-1-3;;/h6-16H,1-5H3,(H,30,31);5-15H,1-4H3,(H,29,30)(H,31,32);2-12,27-29H,1H3,(H,26,30)(H,31,32);4-9H,1-3H3;3-7H,13H2,1-2H3;;;1H2/q;;;;;;+1;/p-1. The molecule has 0 atom stereocenters. The van der Waals surface area contributed by atoms with E-state index in [-0.39, 0.29) is 81.8 Å². The summed E-state index contributed by atoms with van der Waals surface area (Å²) >= 11 is 5.53. The first-order valence-electron chi connectivity index (χ1n) is 42.9. The number of nitrogens with one attached hydrogen (secondary N) is 3. The number of nitrogen functional groups attached to an aromatic ring is 1. The smallest absolute Gasteiger partial charge is 0.870 e. The number of carbonyl (C=O) groups excluding carboxylic acids is 7. The number of hydrogen-bond acceptors (Lipinski definition) is 23. The van der Waals surface area contributed by atoms with Crippen LogP contribution in [0.25, 0.3) is 89.8 Å². The van der Waals surface area contributed by atoms with Crippen LogP contribution in [0.5, 0.6) is 40.2 Å². The van der Waals surface area contributed by atoms with Gasteiger partial charge in [0, 0.05) is 79.4 Å². The van der Waals surface area contributed by atoms with Gasteiger partial charge < -0.3 is 94.0 Å². The molecule has 141 heavy (non-hydrogen) atoms. The summed E-state index contributed by atoms with van der Waals surface area (Å²) in [6.07, 6.45) is 0.250. The van der Waals surface area contributed by atoms with Crippen LogP contribution in [0.3, 0.4) is 0 Å². The third-order valence-corrected chi connectivity index (χ3v) is 22.3. The minimum absolute atomic E-state index is 0. The van der Waals surface area contributed by atoms with Crippen LogP contribution in [-0.2, 0) is 14.3 Å². The minimum Gasteiger partial charge on any atom is -0.870 e. The summed E-state index contributed by atoms with van der Waals surface area (Å²) in [4.78, 5) is 100. The number of anilines is 4. The quantitative estimate of drug-likeness (QED) is 0.0132. The number of esters is 1. The van der Waals surface area contributed by atoms with E-state index in [4.69, 9.17) is 73.4 Å². The Morgan fingerprint density at radius 2 is 0.638 bits per heavy atom. The largest absolute Gasteiger partial charge is 1.00 e. The number of methoxy groups -OCH3 is 5. The van der Waals surface area contributed by atoms with Crippen LogP contribution in [0.2, 0.25) is 0 Å². The molecule has 0 radical (unpaired) electrons. The molecule has 16 rings (SSSR count). The number of hydrogen-bond donors (Lipinski definition) is 9. The number of carbonyl (C=O) groups is 7. The van der Waals surface area contributed by atoms with E-state index in [0.29, 0.717) is 96.5 Å². The van der Waals surface area contributed by atoms with Gasteiger partial charge in [0.05, 0.1) is 46.7 Å². The number of halogens is 1. The average Bonchev–Trinajstić information content (AvgIpc) is 0.878. The van der Waals surface area contributed by atoms with Crippen molar-refractivity contribution >= 4 is 81.4 Å². The Labute approximate surface area is 829 Å². The fraction of sp³-hybridized carbons (Fsp3) is 0.135. The van der Waals surface area contributed by atoms with E-state index in [1.165, 1.54) is 30.9 Å². The first kappa shape index (κ1) is 108. The number of aromatic hydroxyl groups is 3. The van der Waals surface area contributed by atoms with Crippen LogP contribution in [0, 0.1) is 69.2 Å². The number of phenols is 3. The van der Waals surface area contributed by atoms with Crippen molar-refractivity contribution in [1.82, 2.24) is 0 Å². The molecular formula is C111H100ClLiN4O24. The van der Waals surface area contributed by atoms with E-state index < -0.39 is 29.1 Å². The summed E-state index contributed by atoms with van der Waals surface area (Å²) in [5.41, 5.74) is 26.6. The monoisotopic (exact) mass is 1910 g/mol. The molecule has 0 aliphatic rings. The number of benzene rings is 12. The van der Waals surface area contributed by atoms with Gasteiger partial charge in [-0.25, -0.2) is 14.4 Å². The van der Waals surface area contributed by atoms with Crippen molar-refractivity contribution in [2.45, 2.75) is 69.2 Å². The molecule has 11 N–H and O–H groups in total. The molecule has 30 heteroatoms. The maximum atomic E-state index is 13.0. The maximum Gasteiger partial charge on any atom is 1.00 e. The van der Waals surface area contributed by atoms with Gasteiger partial charge >= 0.3 is 42.9 Å². The predicted octanol–water partition coefficient (Wildman–Crippen LogP) is 21.5. The average molecular weight is 1920 g/mol. The van der Waals surface area contributed by atoms with Crippen LogP contribution in [0.4, 0.5) is 22.7 Å². The number of aromatic carboxylic acids is 2. The second-order valence-electron chi connectivity index (χ2n) is 31.8. The summed E-state index contributed by atoms with van der Waals surface area (Å²) in [7, 11) is 7.85. The molecular weight excluding hydrogens is 1820 g/mol. The molecule has 4 aromatic heterocycles. The van der Waals surface area contributed by atoms with Crippen LogP contribution >= 0.6 is 11.6 Å². The molecule has 12 aromatic carbocycles. The molecule has 0 fully saturated rings. The second kappa shape index (κ2) is 49.1. The Morgan fingerprint density at radius 3 is 0.943 bits per heavy atom. The van der Waals surface area contributed by atoms with E-state index in [1.807, 2.05) is 170 Å². The number of carboxylic acid groups (broad SMARTS) is 2. The first-order valence-corrected chi connectivity index (χ1v) is 43.3. The Balaban J connectivity index is 0.000000200. The molecule has 3 amide bonds. The van der Waals surface area contributed by atoms with Crippen molar-refractivity contribution in [3.8, 4) is 130 Å². The van der Waals surface area contributed by atoms with Gasteiger partial charge in [-0.05, 0) is 348 Å². The topological polar surface area (TPSA) is 446 Å². The van der Waals surface area contributed by atoms with Crippen molar-refractivity contribution in [1.29, 1.82) is 0 Å². The molecule has 0 bridgehead atoms. The summed E-state index contributed by atoms with van der Waals surface area (Å²) in [6.45, 7) is 19.0. The third kappa shape index (κ3) is 27.2. The second-order valence-corrected chi connectivity index (χ2v) is 32.1. The van der Waals surface area contributed by atoms with E-state index >= 15 is 0 Å². The van der Waals surface area contributed by atoms with Gasteiger partial charge in [-0.15, -0.1) is 0 Å². The number of ether oxygens (including phenoxy) is 5. The van der Waals surface area contributed by atoms with Crippen LogP contribution in [-0.4, -0.2) is 114 Å². The van der Waals surface area contributed by atoms with Gasteiger partial charge in [0.1, 0.15) is 103 Å². The van der Waals surface area contributed by atoms with Crippen LogP contribution in [0.15, 0.2) is 285 Å². The maximum absolute atomic E-state index is 13.0. The number of aryl methyl sites for hydroxylation is 10. The normalized spacial score (nSPS) is 10.3. The van der Waals surface area contributed by atoms with E-state index in [9.17, 15) is 54.0 Å². The van der Waals surface area contributed by atoms with E-state index in [1.54, 1.807) is 164 Å². The zero-order chi connectivity index (χ0) is 101. The summed E-state index contributed by atoms with van der Waals surface area (Å²) in [5, 5.41) is 56.2. The molecule has 16 aromatic rings. The zero-order valence-corrected chi connectivity index (χ0v) is 80.6. The molecule has 0 saturated heterocycles. The molecule has 0 spiro atoms. The van der Waals surface area contributed by atoms with Gasteiger partial charge in [-0.1, -0.05) is 54.6 Å². The molecule has 0 aliphatic carbocycles. The fourth-order valence-electron chi connectivity index (χ4n) is 15.2. The molecule has 0 unspecified atom stereocenters. The van der Waals surface area contributed by atoms with Crippen molar-refractivity contribution < 1.29 is 134 Å². The van der Waals surface area contributed by atoms with Gasteiger partial charge in [0.2, 0.25) is 0 Å². The summed E-state index contributed by atoms with van der Waals surface area (Å²) in [6, 6.07) is 77.8. The van der Waals surface area contributed by atoms with Crippen molar-refractivity contribution in [3.63, 3.8) is 0 Å². The number of nitrogens with two attached hydrogens (primary N) is 1. The van der Waals surface area contributed by atoms with Crippen molar-refractivity contribution in [2.75, 3.05) is 57.2 Å². The van der Waals surface area contributed by atoms with Crippen molar-refractivity contribution in [2.24, 2.45) is 0 Å². The molecule has 716 valence electrons. The van der Waals surface area contributed by atoms with Crippen LogP contribution < -0.4 is 59.5 Å². The van der Waals surface area contributed by atoms with Gasteiger partial charge in [-0.2, -0.15) is 9.59 Å². The number of carboxylic acids is 2. The Morgan fingerprint density at radius 1 is 0.340 bits per heavy atom. The first-order chi connectivity index (χ1) is 66.4. The molecule has 4 heterocycles.